The molecule has 0 bridgehead atoms. The van der Waals surface area contributed by atoms with Crippen LogP contribution in [0.2, 0.25) is 0 Å². The van der Waals surface area contributed by atoms with Gasteiger partial charge in [0.2, 0.25) is 11.8 Å². The van der Waals surface area contributed by atoms with Crippen LogP contribution >= 0.6 is 0 Å². The average molecular weight is 318 g/mol. The molecule has 1 aliphatic carbocycles. The molecule has 1 aliphatic heterocycles. The lowest BCUT2D eigenvalue weighted by atomic mass is 10.1. The Morgan fingerprint density at radius 2 is 2.26 bits per heavy atom. The van der Waals surface area contributed by atoms with Gasteiger partial charge in [-0.05, 0) is 25.0 Å². The molecular weight excluding hydrogens is 303 g/mol. The number of carbonyl (C=O) groups is 1. The van der Waals surface area contributed by atoms with Gasteiger partial charge in [-0.2, -0.15) is 9.49 Å². The third-order valence-electron chi connectivity index (χ3n) is 3.91. The van der Waals surface area contributed by atoms with Crippen LogP contribution in [-0.2, 0) is 6.54 Å². The fourth-order valence-electron chi connectivity index (χ4n) is 2.66. The number of carboxylic acids is 1. The van der Waals surface area contributed by atoms with E-state index in [1.165, 1.54) is 10.7 Å². The minimum absolute atomic E-state index is 0.0897. The number of carboxylic acid groups (broad SMARTS) is 1. The number of aryl methyl sites for hydroxylation is 1. The molecular formula is C15H15FN4O3. The van der Waals surface area contributed by atoms with Crippen molar-refractivity contribution in [3.05, 3.63) is 23.8 Å². The van der Waals surface area contributed by atoms with Crippen LogP contribution < -0.4 is 10.1 Å². The zero-order valence-corrected chi connectivity index (χ0v) is 12.3. The highest BCUT2D eigenvalue weighted by molar-refractivity contribution is 5.95. The Kier molecular flexibility index (Phi) is 3.17. The number of rotatable bonds is 4. The normalized spacial score (nSPS) is 16.6. The first-order valence-corrected chi connectivity index (χ1v) is 7.54. The maximum absolute atomic E-state index is 14.5. The van der Waals surface area contributed by atoms with Gasteiger partial charge in [0, 0.05) is 24.6 Å². The molecule has 0 radical (unpaired) electrons. The standard InChI is InChI=1S/C15H15FN4O3/c16-13-9(4-5-10(18-13)17-8-2-3-8)11-12(15(21)22)19-20-6-1-7-23-14(11)20/h4-5,8H,1-3,6-7H2,(H,17,18)(H,21,22). The maximum Gasteiger partial charge on any atom is 0.357 e. The van der Waals surface area contributed by atoms with Gasteiger partial charge in [0.1, 0.15) is 5.82 Å². The number of hydrogen-bond donors (Lipinski definition) is 2. The summed E-state index contributed by atoms with van der Waals surface area (Å²) in [6.07, 6.45) is 2.84. The summed E-state index contributed by atoms with van der Waals surface area (Å²) in [5.74, 6) is -1.21. The van der Waals surface area contributed by atoms with Crippen LogP contribution in [0.15, 0.2) is 12.1 Å². The van der Waals surface area contributed by atoms with Crippen LogP contribution in [0, 0.1) is 5.95 Å². The Hall–Kier alpha value is -2.64. The van der Waals surface area contributed by atoms with Crippen LogP contribution in [0.3, 0.4) is 0 Å². The first-order valence-electron chi connectivity index (χ1n) is 7.54. The van der Waals surface area contributed by atoms with Crippen LogP contribution in [-0.4, -0.2) is 38.5 Å². The first kappa shape index (κ1) is 14.0. The SMILES string of the molecule is O=C(O)c1nn2c(c1-c1ccc(NC3CC3)nc1F)OCCC2. The Morgan fingerprint density at radius 1 is 1.43 bits per heavy atom. The van der Waals surface area contributed by atoms with Gasteiger partial charge in [0.25, 0.3) is 0 Å². The second-order valence-corrected chi connectivity index (χ2v) is 5.71. The molecule has 2 aliphatic rings. The molecule has 4 rings (SSSR count). The van der Waals surface area contributed by atoms with E-state index in [0.29, 0.717) is 25.0 Å². The second-order valence-electron chi connectivity index (χ2n) is 5.71. The fourth-order valence-corrected chi connectivity index (χ4v) is 2.66. The van der Waals surface area contributed by atoms with Crippen molar-refractivity contribution in [1.82, 2.24) is 14.8 Å². The van der Waals surface area contributed by atoms with Gasteiger partial charge in [0.15, 0.2) is 5.69 Å². The Balaban J connectivity index is 1.79. The molecule has 0 aromatic carbocycles. The molecule has 23 heavy (non-hydrogen) atoms. The van der Waals surface area contributed by atoms with Crippen molar-refractivity contribution in [1.29, 1.82) is 0 Å². The highest BCUT2D eigenvalue weighted by atomic mass is 19.1. The van der Waals surface area contributed by atoms with Crippen LogP contribution in [0.5, 0.6) is 5.88 Å². The van der Waals surface area contributed by atoms with Crippen molar-refractivity contribution in [2.45, 2.75) is 31.8 Å². The Morgan fingerprint density at radius 3 is 2.96 bits per heavy atom. The summed E-state index contributed by atoms with van der Waals surface area (Å²) in [7, 11) is 0. The van der Waals surface area contributed by atoms with Gasteiger partial charge in [-0.25, -0.2) is 14.5 Å². The number of aromatic nitrogens is 3. The molecule has 1 fully saturated rings. The van der Waals surface area contributed by atoms with Crippen molar-refractivity contribution in [2.24, 2.45) is 0 Å². The molecule has 2 aromatic rings. The first-order chi connectivity index (χ1) is 11.1. The number of nitrogens with one attached hydrogen (secondary N) is 1. The fraction of sp³-hybridized carbons (Fsp3) is 0.400. The lowest BCUT2D eigenvalue weighted by Gasteiger charge is -2.16. The molecule has 0 unspecified atom stereocenters. The highest BCUT2D eigenvalue weighted by Crippen LogP contribution is 2.37. The highest BCUT2D eigenvalue weighted by Gasteiger charge is 2.29. The lowest BCUT2D eigenvalue weighted by Crippen LogP contribution is -2.15. The molecule has 2 aromatic heterocycles. The monoisotopic (exact) mass is 318 g/mol. The van der Waals surface area contributed by atoms with E-state index in [0.717, 1.165) is 19.3 Å². The van der Waals surface area contributed by atoms with E-state index < -0.39 is 11.9 Å². The Bertz CT molecular complexity index is 785. The lowest BCUT2D eigenvalue weighted by molar-refractivity contribution is 0.0690. The molecule has 8 heteroatoms. The van der Waals surface area contributed by atoms with Crippen molar-refractivity contribution >= 4 is 11.8 Å². The van der Waals surface area contributed by atoms with E-state index in [1.807, 2.05) is 0 Å². The number of pyridine rings is 1. The number of halogens is 1. The zero-order chi connectivity index (χ0) is 16.0. The number of aromatic carboxylic acids is 1. The quantitative estimate of drug-likeness (QED) is 0.840. The number of ether oxygens (including phenoxy) is 1. The van der Waals surface area contributed by atoms with Gasteiger partial charge >= 0.3 is 5.97 Å². The van der Waals surface area contributed by atoms with Gasteiger partial charge in [-0.1, -0.05) is 0 Å². The summed E-state index contributed by atoms with van der Waals surface area (Å²) in [6.45, 7) is 1.00. The van der Waals surface area contributed by atoms with Crippen molar-refractivity contribution in [3.8, 4) is 17.0 Å². The van der Waals surface area contributed by atoms with Gasteiger partial charge < -0.3 is 15.2 Å². The second kappa shape index (κ2) is 5.22. The van der Waals surface area contributed by atoms with E-state index >= 15 is 0 Å². The van der Waals surface area contributed by atoms with E-state index in [2.05, 4.69) is 15.4 Å². The molecule has 1 saturated carbocycles. The predicted octanol–water partition coefficient (Wildman–Crippen LogP) is 2.14. The zero-order valence-electron chi connectivity index (χ0n) is 12.3. The minimum atomic E-state index is -1.22. The Labute approximate surface area is 131 Å². The van der Waals surface area contributed by atoms with Gasteiger partial charge in [-0.15, -0.1) is 0 Å². The smallest absolute Gasteiger partial charge is 0.357 e. The predicted molar refractivity (Wildman–Crippen MR) is 79.1 cm³/mol. The number of fused-ring (bicyclic) bond motifs is 1. The van der Waals surface area contributed by atoms with Crippen molar-refractivity contribution in [3.63, 3.8) is 0 Å². The molecule has 3 heterocycles. The largest absolute Gasteiger partial charge is 0.477 e. The van der Waals surface area contributed by atoms with Crippen LogP contribution in [0.25, 0.3) is 11.1 Å². The molecule has 0 amide bonds. The molecule has 2 N–H and O–H groups in total. The summed E-state index contributed by atoms with van der Waals surface area (Å²) < 4.78 is 21.5. The van der Waals surface area contributed by atoms with Gasteiger partial charge in [-0.3, -0.25) is 0 Å². The van der Waals surface area contributed by atoms with Gasteiger partial charge in [0.05, 0.1) is 12.2 Å². The molecule has 120 valence electrons. The minimum Gasteiger partial charge on any atom is -0.477 e. The van der Waals surface area contributed by atoms with E-state index in [1.54, 1.807) is 6.07 Å². The third-order valence-corrected chi connectivity index (χ3v) is 3.91. The summed E-state index contributed by atoms with van der Waals surface area (Å²) in [5, 5.41) is 16.5. The van der Waals surface area contributed by atoms with Crippen LogP contribution in [0.1, 0.15) is 29.8 Å². The number of hydrogen-bond acceptors (Lipinski definition) is 5. The van der Waals surface area contributed by atoms with Crippen molar-refractivity contribution in [2.75, 3.05) is 11.9 Å². The summed E-state index contributed by atoms with van der Waals surface area (Å²) in [6, 6.07) is 3.53. The molecule has 0 spiro atoms. The summed E-state index contributed by atoms with van der Waals surface area (Å²) in [5.41, 5.74) is 0.0255. The van der Waals surface area contributed by atoms with E-state index in [9.17, 15) is 14.3 Å². The number of anilines is 1. The van der Waals surface area contributed by atoms with E-state index in [-0.39, 0.29) is 22.7 Å². The molecule has 0 atom stereocenters. The summed E-state index contributed by atoms with van der Waals surface area (Å²) in [4.78, 5) is 15.4. The topological polar surface area (TPSA) is 89.3 Å². The summed E-state index contributed by atoms with van der Waals surface area (Å²) >= 11 is 0. The van der Waals surface area contributed by atoms with Crippen molar-refractivity contribution < 1.29 is 19.0 Å². The molecule has 7 nitrogen and oxygen atoms in total. The number of nitrogens with zero attached hydrogens (tertiary/aromatic N) is 3. The third kappa shape index (κ3) is 2.49. The maximum atomic E-state index is 14.5. The van der Waals surface area contributed by atoms with E-state index in [4.69, 9.17) is 4.74 Å². The molecule has 0 saturated heterocycles. The average Bonchev–Trinajstić information content (AvgIpc) is 3.25. The van der Waals surface area contributed by atoms with Crippen LogP contribution in [0.4, 0.5) is 10.2 Å².